The van der Waals surface area contributed by atoms with Gasteiger partial charge in [0.1, 0.15) is 12.1 Å². The molecule has 5 nitrogen and oxygen atoms in total. The van der Waals surface area contributed by atoms with E-state index in [1.165, 1.54) is 6.92 Å². The number of esters is 1. The average Bonchev–Trinajstić information content (AvgIpc) is 2.20. The third-order valence-corrected chi connectivity index (χ3v) is 2.74. The van der Waals surface area contributed by atoms with Crippen molar-refractivity contribution < 1.29 is 14.6 Å². The van der Waals surface area contributed by atoms with Crippen LogP contribution in [0.5, 0.6) is 0 Å². The molecule has 0 unspecified atom stereocenters. The van der Waals surface area contributed by atoms with E-state index in [4.69, 9.17) is 15.6 Å². The standard InChI is InChI=1S/C10H20N2O3/c1-7(13)9(11)10(14)15-8-3-5-12(2)6-4-8/h7-9,13H,3-6,11H2,1-2H3/t7-,9+/m1/s1. The molecule has 1 rings (SSSR count). The second-order valence-corrected chi connectivity index (χ2v) is 4.21. The Bertz CT molecular complexity index is 213. The Balaban J connectivity index is 2.32. The maximum Gasteiger partial charge on any atom is 0.325 e. The first-order chi connectivity index (χ1) is 7.00. The van der Waals surface area contributed by atoms with Crippen LogP contribution in [0.3, 0.4) is 0 Å². The first-order valence-corrected chi connectivity index (χ1v) is 5.33. The van der Waals surface area contributed by atoms with Crippen LogP contribution in [0.2, 0.25) is 0 Å². The van der Waals surface area contributed by atoms with Gasteiger partial charge in [0, 0.05) is 13.1 Å². The molecule has 15 heavy (non-hydrogen) atoms. The number of aliphatic hydroxyl groups excluding tert-OH is 1. The summed E-state index contributed by atoms with van der Waals surface area (Å²) >= 11 is 0. The van der Waals surface area contributed by atoms with Crippen LogP contribution in [0.1, 0.15) is 19.8 Å². The molecule has 0 bridgehead atoms. The average molecular weight is 216 g/mol. The third-order valence-electron chi connectivity index (χ3n) is 2.74. The first-order valence-electron chi connectivity index (χ1n) is 5.33. The number of hydrogen-bond donors (Lipinski definition) is 2. The molecule has 0 amide bonds. The number of piperidine rings is 1. The third kappa shape index (κ3) is 3.77. The van der Waals surface area contributed by atoms with E-state index < -0.39 is 18.1 Å². The Morgan fingerprint density at radius 2 is 2.07 bits per heavy atom. The number of nitrogens with two attached hydrogens (primary N) is 1. The molecule has 0 aromatic heterocycles. The van der Waals surface area contributed by atoms with Gasteiger partial charge in [-0.1, -0.05) is 0 Å². The van der Waals surface area contributed by atoms with Gasteiger partial charge in [0.05, 0.1) is 6.10 Å². The van der Waals surface area contributed by atoms with Crippen molar-refractivity contribution in [2.45, 2.75) is 38.0 Å². The molecule has 1 aliphatic heterocycles. The van der Waals surface area contributed by atoms with Crippen molar-refractivity contribution in [3.05, 3.63) is 0 Å². The summed E-state index contributed by atoms with van der Waals surface area (Å²) in [5.74, 6) is -0.500. The van der Waals surface area contributed by atoms with Crippen LogP contribution in [0, 0.1) is 0 Å². The molecule has 1 fully saturated rings. The highest BCUT2D eigenvalue weighted by Gasteiger charge is 2.25. The van der Waals surface area contributed by atoms with Crippen LogP contribution < -0.4 is 5.73 Å². The molecule has 0 radical (unpaired) electrons. The van der Waals surface area contributed by atoms with E-state index in [1.54, 1.807) is 0 Å². The first kappa shape index (κ1) is 12.4. The quantitative estimate of drug-likeness (QED) is 0.612. The molecule has 0 aromatic carbocycles. The van der Waals surface area contributed by atoms with Gasteiger partial charge in [0.2, 0.25) is 0 Å². The lowest BCUT2D eigenvalue weighted by atomic mass is 10.1. The summed E-state index contributed by atoms with van der Waals surface area (Å²) in [6, 6.07) is -0.926. The Hall–Kier alpha value is -0.650. The lowest BCUT2D eigenvalue weighted by Crippen LogP contribution is -2.44. The summed E-state index contributed by atoms with van der Waals surface area (Å²) in [4.78, 5) is 13.6. The van der Waals surface area contributed by atoms with Crippen LogP contribution in [0.25, 0.3) is 0 Å². The van der Waals surface area contributed by atoms with Crippen LogP contribution in [0.15, 0.2) is 0 Å². The summed E-state index contributed by atoms with van der Waals surface area (Å²) in [6.45, 7) is 3.35. The molecule has 1 heterocycles. The van der Waals surface area contributed by atoms with Crippen molar-refractivity contribution >= 4 is 5.97 Å². The van der Waals surface area contributed by atoms with Crippen molar-refractivity contribution in [1.82, 2.24) is 4.90 Å². The van der Waals surface area contributed by atoms with Gasteiger partial charge in [-0.05, 0) is 26.8 Å². The minimum absolute atomic E-state index is 0.0431. The molecule has 88 valence electrons. The second-order valence-electron chi connectivity index (χ2n) is 4.21. The lowest BCUT2D eigenvalue weighted by Gasteiger charge is -2.29. The number of ether oxygens (including phenoxy) is 1. The molecule has 1 aliphatic rings. The molecule has 3 N–H and O–H groups in total. The number of carbonyl (C=O) groups is 1. The van der Waals surface area contributed by atoms with Gasteiger partial charge in [0.15, 0.2) is 0 Å². The zero-order valence-corrected chi connectivity index (χ0v) is 9.35. The molecule has 0 saturated carbocycles. The van der Waals surface area contributed by atoms with Gasteiger partial charge in [-0.3, -0.25) is 4.79 Å². The highest BCUT2D eigenvalue weighted by atomic mass is 16.5. The summed E-state index contributed by atoms with van der Waals surface area (Å²) in [7, 11) is 2.04. The normalized spacial score (nSPS) is 23.5. The maximum atomic E-state index is 11.4. The largest absolute Gasteiger partial charge is 0.461 e. The lowest BCUT2D eigenvalue weighted by molar-refractivity contribution is -0.155. The molecular weight excluding hydrogens is 196 g/mol. The minimum Gasteiger partial charge on any atom is -0.461 e. The van der Waals surface area contributed by atoms with Crippen LogP contribution >= 0.6 is 0 Å². The molecular formula is C10H20N2O3. The fourth-order valence-electron chi connectivity index (χ4n) is 1.54. The number of aliphatic hydroxyl groups is 1. The van der Waals surface area contributed by atoms with E-state index >= 15 is 0 Å². The van der Waals surface area contributed by atoms with Gasteiger partial charge in [0.25, 0.3) is 0 Å². The Morgan fingerprint density at radius 1 is 1.53 bits per heavy atom. The molecule has 2 atom stereocenters. The maximum absolute atomic E-state index is 11.4. The van der Waals surface area contributed by atoms with Crippen LogP contribution in [0.4, 0.5) is 0 Å². The van der Waals surface area contributed by atoms with Crippen molar-refractivity contribution in [2.24, 2.45) is 5.73 Å². The van der Waals surface area contributed by atoms with E-state index in [0.29, 0.717) is 0 Å². The SMILES string of the molecule is C[C@@H](O)[C@H](N)C(=O)OC1CCN(C)CC1. The summed E-state index contributed by atoms with van der Waals surface area (Å²) in [5.41, 5.74) is 5.47. The predicted octanol–water partition coefficient (Wildman–Crippen LogP) is -0.668. The van der Waals surface area contributed by atoms with E-state index in [0.717, 1.165) is 25.9 Å². The van der Waals surface area contributed by atoms with E-state index in [-0.39, 0.29) is 6.10 Å². The van der Waals surface area contributed by atoms with Gasteiger partial charge >= 0.3 is 5.97 Å². The summed E-state index contributed by atoms with van der Waals surface area (Å²) in [5, 5.41) is 9.13. The number of carbonyl (C=O) groups excluding carboxylic acids is 1. The Kier molecular flexibility index (Phi) is 4.50. The minimum atomic E-state index is -0.926. The van der Waals surface area contributed by atoms with Crippen molar-refractivity contribution in [1.29, 1.82) is 0 Å². The number of likely N-dealkylation sites (tertiary alicyclic amines) is 1. The van der Waals surface area contributed by atoms with Gasteiger partial charge in [-0.2, -0.15) is 0 Å². The Labute approximate surface area is 90.2 Å². The van der Waals surface area contributed by atoms with E-state index in [1.807, 2.05) is 7.05 Å². The van der Waals surface area contributed by atoms with Crippen LogP contribution in [-0.4, -0.2) is 54.4 Å². The number of nitrogens with zero attached hydrogens (tertiary/aromatic N) is 1. The molecule has 0 spiro atoms. The topological polar surface area (TPSA) is 75.8 Å². The van der Waals surface area contributed by atoms with Crippen LogP contribution in [-0.2, 0) is 9.53 Å². The number of rotatable bonds is 3. The molecule has 5 heteroatoms. The second kappa shape index (κ2) is 5.44. The van der Waals surface area contributed by atoms with Crippen molar-refractivity contribution in [2.75, 3.05) is 20.1 Å². The van der Waals surface area contributed by atoms with E-state index in [2.05, 4.69) is 4.90 Å². The monoisotopic (exact) mass is 216 g/mol. The fraction of sp³-hybridized carbons (Fsp3) is 0.900. The van der Waals surface area contributed by atoms with Crippen molar-refractivity contribution in [3.63, 3.8) is 0 Å². The van der Waals surface area contributed by atoms with Gasteiger partial charge < -0.3 is 20.5 Å². The predicted molar refractivity (Wildman–Crippen MR) is 56.3 cm³/mol. The smallest absolute Gasteiger partial charge is 0.325 e. The molecule has 0 aliphatic carbocycles. The zero-order chi connectivity index (χ0) is 11.4. The fourth-order valence-corrected chi connectivity index (χ4v) is 1.54. The zero-order valence-electron chi connectivity index (χ0n) is 9.35. The van der Waals surface area contributed by atoms with Gasteiger partial charge in [-0.15, -0.1) is 0 Å². The highest BCUT2D eigenvalue weighted by Crippen LogP contribution is 2.13. The highest BCUT2D eigenvalue weighted by molar-refractivity contribution is 5.76. The summed E-state index contributed by atoms with van der Waals surface area (Å²) in [6.07, 6.45) is 0.783. The van der Waals surface area contributed by atoms with Gasteiger partial charge in [-0.25, -0.2) is 0 Å². The Morgan fingerprint density at radius 3 is 2.53 bits per heavy atom. The van der Waals surface area contributed by atoms with Crippen molar-refractivity contribution in [3.8, 4) is 0 Å². The molecule has 0 aromatic rings. The number of hydrogen-bond acceptors (Lipinski definition) is 5. The molecule has 1 saturated heterocycles. The van der Waals surface area contributed by atoms with E-state index in [9.17, 15) is 4.79 Å². The summed E-state index contributed by atoms with van der Waals surface area (Å²) < 4.78 is 5.21.